The van der Waals surface area contributed by atoms with Crippen molar-refractivity contribution in [3.05, 3.63) is 535 Å². The summed E-state index contributed by atoms with van der Waals surface area (Å²) in [5, 5.41) is 24.8. The molecule has 0 aliphatic rings. The van der Waals surface area contributed by atoms with E-state index in [-0.39, 0.29) is 0 Å². The van der Waals surface area contributed by atoms with Gasteiger partial charge in [0.05, 0.1) is 17.1 Å². The number of pyridine rings is 6. The smallest absolute Gasteiger partial charge is 0.0702 e. The van der Waals surface area contributed by atoms with E-state index in [1.54, 1.807) is 0 Å². The van der Waals surface area contributed by atoms with E-state index in [0.29, 0.717) is 0 Å². The molecule has 0 atom stereocenters. The van der Waals surface area contributed by atoms with Crippen molar-refractivity contribution >= 4 is 108 Å². The summed E-state index contributed by atoms with van der Waals surface area (Å²) < 4.78 is 0. The standard InChI is InChI=1S/C56H36N2.2C40H26N2/c1-3-9-44-33-46(23-17-37(44)7-1)39-13-19-42(20-14-39)55-50-11-5-6-12-51(50)56(43-21-15-40(16-22-43)47-24-18-38-8-2-4-10-45(38)34-47)53-35-48(25-27-52(53)55)54-28-26-49(36-58-54)41-29-31-57-32-30-41;1-2-9-29(10-3-1)39-34-12-6-7-13-35(34)40(32-15-14-27-8-4-5-11-30(27)24-32)36-18-16-31(25-37(36)39)38-19-17-33(26-42-38)28-20-22-41-23-21-28;1-2-9-29(10-3-1)39-34-12-6-7-13-35(34)40(32-15-14-27-8-4-5-11-30(27)24-32)37-25-31(16-18-36(37)39)38-19-17-33(26-42-38)28-20-22-41-23-21-28/h1-36H;2*1-26H. The molecule has 0 spiro atoms. The van der Waals surface area contributed by atoms with Crippen molar-refractivity contribution in [2.24, 2.45) is 0 Å². The van der Waals surface area contributed by atoms with Crippen LogP contribution in [0, 0.1) is 0 Å². The molecule has 0 unspecified atom stereocenters. The minimum absolute atomic E-state index is 0.937. The van der Waals surface area contributed by atoms with Gasteiger partial charge >= 0.3 is 0 Å². The number of hydrogen-bond donors (Lipinski definition) is 0. The first-order valence-electron chi connectivity index (χ1n) is 48.2. The number of benzene rings is 21. The molecule has 0 bridgehead atoms. The normalized spacial score (nSPS) is 11.4. The molecule has 0 radical (unpaired) electrons. The molecule has 0 fully saturated rings. The Kier molecular flexibility index (Phi) is 22.3. The van der Waals surface area contributed by atoms with E-state index >= 15 is 0 Å². The minimum Gasteiger partial charge on any atom is -0.265 e. The first-order chi connectivity index (χ1) is 70.4. The highest BCUT2D eigenvalue weighted by Gasteiger charge is 2.24. The van der Waals surface area contributed by atoms with Gasteiger partial charge in [0.25, 0.3) is 0 Å². The van der Waals surface area contributed by atoms with Crippen molar-refractivity contribution in [1.82, 2.24) is 29.9 Å². The van der Waals surface area contributed by atoms with Crippen LogP contribution in [0.1, 0.15) is 0 Å². The number of aromatic nitrogens is 6. The van der Waals surface area contributed by atoms with Gasteiger partial charge in [-0.3, -0.25) is 29.9 Å². The molecule has 21 aromatic carbocycles. The summed E-state index contributed by atoms with van der Waals surface area (Å²) in [6, 6.07) is 173. The zero-order valence-electron chi connectivity index (χ0n) is 77.5. The average molecular weight is 1810 g/mol. The fraction of sp³-hybridized carbons (Fsp3) is 0. The lowest BCUT2D eigenvalue weighted by atomic mass is 9.84. The Morgan fingerprint density at radius 3 is 0.592 bits per heavy atom. The van der Waals surface area contributed by atoms with Gasteiger partial charge in [-0.2, -0.15) is 0 Å². The predicted molar refractivity (Wildman–Crippen MR) is 597 cm³/mol. The van der Waals surface area contributed by atoms with Gasteiger partial charge in [0, 0.05) is 89.2 Å². The fourth-order valence-electron chi connectivity index (χ4n) is 21.0. The van der Waals surface area contributed by atoms with Crippen molar-refractivity contribution in [1.29, 1.82) is 0 Å². The summed E-state index contributed by atoms with van der Waals surface area (Å²) in [5.41, 5.74) is 32.2. The van der Waals surface area contributed by atoms with E-state index in [9.17, 15) is 0 Å². The largest absolute Gasteiger partial charge is 0.265 e. The molecule has 142 heavy (non-hydrogen) atoms. The van der Waals surface area contributed by atoms with Gasteiger partial charge in [0.15, 0.2) is 0 Å². The van der Waals surface area contributed by atoms with Crippen LogP contribution in [0.4, 0.5) is 0 Å². The van der Waals surface area contributed by atoms with Gasteiger partial charge < -0.3 is 0 Å². The van der Waals surface area contributed by atoms with Crippen LogP contribution in [0.2, 0.25) is 0 Å². The highest BCUT2D eigenvalue weighted by Crippen LogP contribution is 2.51. The zero-order valence-corrected chi connectivity index (χ0v) is 77.5. The van der Waals surface area contributed by atoms with E-state index in [1.807, 2.05) is 92.2 Å². The van der Waals surface area contributed by atoms with Crippen molar-refractivity contribution in [3.8, 4) is 156 Å². The van der Waals surface area contributed by atoms with Crippen molar-refractivity contribution in [2.75, 3.05) is 0 Å². The van der Waals surface area contributed by atoms with Crippen molar-refractivity contribution in [3.63, 3.8) is 0 Å². The van der Waals surface area contributed by atoms with Gasteiger partial charge in [0.1, 0.15) is 0 Å². The molecule has 0 aliphatic heterocycles. The van der Waals surface area contributed by atoms with Crippen LogP contribution in [0.25, 0.3) is 264 Å². The Bertz CT molecular complexity index is 9450. The van der Waals surface area contributed by atoms with E-state index in [1.165, 1.54) is 197 Å². The van der Waals surface area contributed by atoms with Crippen LogP contribution >= 0.6 is 0 Å². The van der Waals surface area contributed by atoms with Crippen molar-refractivity contribution < 1.29 is 0 Å². The van der Waals surface area contributed by atoms with Gasteiger partial charge in [-0.25, -0.2) is 0 Å². The maximum Gasteiger partial charge on any atom is 0.0702 e. The second-order valence-corrected chi connectivity index (χ2v) is 36.3. The van der Waals surface area contributed by atoms with Gasteiger partial charge in [-0.1, -0.05) is 382 Å². The van der Waals surface area contributed by atoms with Crippen LogP contribution in [0.15, 0.2) is 535 Å². The third kappa shape index (κ3) is 16.3. The van der Waals surface area contributed by atoms with E-state index in [4.69, 9.17) is 15.0 Å². The summed E-state index contributed by atoms with van der Waals surface area (Å²) in [7, 11) is 0. The highest BCUT2D eigenvalue weighted by molar-refractivity contribution is 6.26. The van der Waals surface area contributed by atoms with Crippen LogP contribution in [-0.2, 0) is 0 Å². The summed E-state index contributed by atoms with van der Waals surface area (Å²) in [6.07, 6.45) is 16.8. The maximum atomic E-state index is 4.98. The summed E-state index contributed by atoms with van der Waals surface area (Å²) in [5.74, 6) is 0. The van der Waals surface area contributed by atoms with Crippen molar-refractivity contribution in [2.45, 2.75) is 0 Å². The fourth-order valence-corrected chi connectivity index (χ4v) is 21.0. The first-order valence-corrected chi connectivity index (χ1v) is 48.2. The molecule has 0 saturated carbocycles. The molecule has 0 N–H and O–H groups in total. The van der Waals surface area contributed by atoms with E-state index in [0.717, 1.165) is 67.2 Å². The molecule has 27 rings (SSSR count). The van der Waals surface area contributed by atoms with Gasteiger partial charge in [0.2, 0.25) is 0 Å². The predicted octanol–water partition coefficient (Wildman–Crippen LogP) is 36.3. The molecule has 0 amide bonds. The number of hydrogen-bond acceptors (Lipinski definition) is 6. The Hall–Kier alpha value is -18.9. The lowest BCUT2D eigenvalue weighted by Gasteiger charge is -2.19. The Labute approximate surface area is 822 Å². The topological polar surface area (TPSA) is 77.3 Å². The first kappa shape index (κ1) is 84.8. The zero-order chi connectivity index (χ0) is 94.2. The van der Waals surface area contributed by atoms with Crippen LogP contribution in [-0.4, -0.2) is 29.9 Å². The Morgan fingerprint density at radius 1 is 0.106 bits per heavy atom. The number of nitrogens with zero attached hydrogens (tertiary/aromatic N) is 6. The third-order valence-corrected chi connectivity index (χ3v) is 28.0. The minimum atomic E-state index is 0.937. The number of fused-ring (bicyclic) bond motifs is 10. The van der Waals surface area contributed by atoms with E-state index < -0.39 is 0 Å². The maximum absolute atomic E-state index is 4.98. The molecule has 6 heteroatoms. The summed E-state index contributed by atoms with van der Waals surface area (Å²) in [4.78, 5) is 27.2. The van der Waals surface area contributed by atoms with Gasteiger partial charge in [-0.15, -0.1) is 0 Å². The monoisotopic (exact) mass is 1800 g/mol. The molecule has 6 aromatic heterocycles. The summed E-state index contributed by atoms with van der Waals surface area (Å²) in [6.45, 7) is 0. The van der Waals surface area contributed by atoms with Gasteiger partial charge in [-0.05, 0) is 310 Å². The Balaban J connectivity index is 0.000000114. The molecule has 27 aromatic rings. The second kappa shape index (κ2) is 37.3. The highest BCUT2D eigenvalue weighted by atomic mass is 14.7. The molecular weight excluding hydrogens is 1720 g/mol. The lowest BCUT2D eigenvalue weighted by Crippen LogP contribution is -1.93. The molecule has 6 nitrogen and oxygen atoms in total. The van der Waals surface area contributed by atoms with E-state index in [2.05, 4.69) is 458 Å². The third-order valence-electron chi connectivity index (χ3n) is 28.0. The molecule has 0 aliphatic carbocycles. The van der Waals surface area contributed by atoms with Crippen LogP contribution < -0.4 is 0 Å². The van der Waals surface area contributed by atoms with Crippen LogP contribution in [0.3, 0.4) is 0 Å². The molecule has 6 heterocycles. The Morgan fingerprint density at radius 2 is 0.303 bits per heavy atom. The summed E-state index contributed by atoms with van der Waals surface area (Å²) >= 11 is 0. The average Bonchev–Trinajstić information content (AvgIpc) is 0.735. The second-order valence-electron chi connectivity index (χ2n) is 36.3. The lowest BCUT2D eigenvalue weighted by molar-refractivity contribution is 1.30. The van der Waals surface area contributed by atoms with Crippen LogP contribution in [0.5, 0.6) is 0 Å². The quantitative estimate of drug-likeness (QED) is 0.101. The molecular formula is C136H88N6. The molecule has 0 saturated heterocycles. The molecule has 662 valence electrons. The number of rotatable bonds is 14. The SMILES string of the molecule is c1ccc(-c2c3ccccc3c(-c3ccc4ccccc4c3)c3cc(-c4ccc(-c5ccncc5)cn4)ccc23)cc1.c1ccc(-c2c3ccccc3c(-c3ccc4ccccc4c3)c3ccc(-c4ccc(-c5ccncc5)cn4)cc23)cc1.c1ccc2cc(-c3ccc(-c4c5ccccc5c(-c5ccc(-c6ccc7ccccc7c6)cc5)c5cc(-c6ccc(-c7ccncc7)cn6)ccc45)cc3)ccc2c1.